The van der Waals surface area contributed by atoms with Crippen LogP contribution < -0.4 is 14.8 Å². The number of carboxylic acids is 1. The minimum Gasteiger partial charge on any atom is -0.490 e. The molecule has 1 aliphatic carbocycles. The molecule has 0 unspecified atom stereocenters. The monoisotopic (exact) mass is 349 g/mol. The highest BCUT2D eigenvalue weighted by molar-refractivity contribution is 5.94. The van der Waals surface area contributed by atoms with Gasteiger partial charge in [-0.25, -0.2) is 4.79 Å². The van der Waals surface area contributed by atoms with Crippen LogP contribution in [0.25, 0.3) is 0 Å². The van der Waals surface area contributed by atoms with Crippen molar-refractivity contribution >= 4 is 11.9 Å². The zero-order valence-corrected chi connectivity index (χ0v) is 15.0. The summed E-state index contributed by atoms with van der Waals surface area (Å²) in [6.45, 7) is 4.62. The van der Waals surface area contributed by atoms with Crippen molar-refractivity contribution in [3.05, 3.63) is 23.8 Å². The Labute approximate surface area is 148 Å². The van der Waals surface area contributed by atoms with Gasteiger partial charge in [0.1, 0.15) is 0 Å². The van der Waals surface area contributed by atoms with Gasteiger partial charge < -0.3 is 19.9 Å². The van der Waals surface area contributed by atoms with Crippen molar-refractivity contribution in [1.29, 1.82) is 0 Å². The van der Waals surface area contributed by atoms with Gasteiger partial charge in [-0.1, -0.05) is 19.8 Å². The molecule has 0 aliphatic heterocycles. The number of carbonyl (C=O) groups excluding carboxylic acids is 1. The molecule has 0 bridgehead atoms. The summed E-state index contributed by atoms with van der Waals surface area (Å²) < 4.78 is 10.7. The fraction of sp³-hybridized carbons (Fsp3) is 0.579. The van der Waals surface area contributed by atoms with Gasteiger partial charge in [0.25, 0.3) is 5.91 Å². The predicted molar refractivity (Wildman–Crippen MR) is 94.3 cm³/mol. The zero-order chi connectivity index (χ0) is 18.3. The number of hydrogen-bond donors (Lipinski definition) is 2. The van der Waals surface area contributed by atoms with Crippen LogP contribution >= 0.6 is 0 Å². The van der Waals surface area contributed by atoms with E-state index in [0.29, 0.717) is 30.2 Å². The Bertz CT molecular complexity index is 608. The van der Waals surface area contributed by atoms with E-state index in [-0.39, 0.29) is 11.3 Å². The number of amides is 1. The van der Waals surface area contributed by atoms with E-state index in [9.17, 15) is 9.59 Å². The average molecular weight is 349 g/mol. The van der Waals surface area contributed by atoms with E-state index in [4.69, 9.17) is 14.6 Å². The summed E-state index contributed by atoms with van der Waals surface area (Å²) in [7, 11) is 0. The second-order valence-corrected chi connectivity index (χ2v) is 6.52. The normalized spacial score (nSPS) is 15.6. The molecule has 1 amide bonds. The lowest BCUT2D eigenvalue weighted by atomic mass is 9.83. The van der Waals surface area contributed by atoms with Gasteiger partial charge in [0.15, 0.2) is 18.1 Å². The van der Waals surface area contributed by atoms with Crippen LogP contribution in [-0.2, 0) is 4.79 Å². The Morgan fingerprint density at radius 2 is 1.88 bits per heavy atom. The highest BCUT2D eigenvalue weighted by Crippen LogP contribution is 2.40. The van der Waals surface area contributed by atoms with Crippen LogP contribution in [0.2, 0.25) is 0 Å². The van der Waals surface area contributed by atoms with E-state index < -0.39 is 12.6 Å². The molecule has 6 heteroatoms. The summed E-state index contributed by atoms with van der Waals surface area (Å²) in [5.74, 6) is -0.514. The van der Waals surface area contributed by atoms with Crippen molar-refractivity contribution in [2.24, 2.45) is 5.41 Å². The van der Waals surface area contributed by atoms with Crippen LogP contribution in [0, 0.1) is 5.41 Å². The molecule has 6 nitrogen and oxygen atoms in total. The summed E-state index contributed by atoms with van der Waals surface area (Å²) in [6.07, 6.45) is 5.85. The Morgan fingerprint density at radius 1 is 1.16 bits per heavy atom. The lowest BCUT2D eigenvalue weighted by Crippen LogP contribution is -2.35. The molecule has 0 saturated heterocycles. The summed E-state index contributed by atoms with van der Waals surface area (Å²) in [5.41, 5.74) is 0.707. The molecule has 0 atom stereocenters. The second-order valence-electron chi connectivity index (χ2n) is 6.52. The van der Waals surface area contributed by atoms with Gasteiger partial charge in [-0.2, -0.15) is 0 Å². The molecule has 1 aromatic rings. The van der Waals surface area contributed by atoms with Gasteiger partial charge in [0, 0.05) is 12.1 Å². The van der Waals surface area contributed by atoms with E-state index in [1.54, 1.807) is 18.2 Å². The molecule has 25 heavy (non-hydrogen) atoms. The quantitative estimate of drug-likeness (QED) is 0.715. The van der Waals surface area contributed by atoms with Crippen LogP contribution in [0.3, 0.4) is 0 Å². The van der Waals surface area contributed by atoms with Crippen LogP contribution in [0.15, 0.2) is 18.2 Å². The van der Waals surface area contributed by atoms with E-state index in [2.05, 4.69) is 12.2 Å². The van der Waals surface area contributed by atoms with E-state index >= 15 is 0 Å². The molecular formula is C19H27NO5. The van der Waals surface area contributed by atoms with Crippen molar-refractivity contribution in [2.75, 3.05) is 19.8 Å². The third-order valence-corrected chi connectivity index (χ3v) is 4.90. The van der Waals surface area contributed by atoms with E-state index in [1.165, 1.54) is 12.8 Å². The third-order valence-electron chi connectivity index (χ3n) is 4.90. The first kappa shape index (κ1) is 19.1. The van der Waals surface area contributed by atoms with E-state index in [0.717, 1.165) is 19.3 Å². The molecule has 0 spiro atoms. The van der Waals surface area contributed by atoms with Crippen molar-refractivity contribution in [1.82, 2.24) is 5.32 Å². The van der Waals surface area contributed by atoms with Crippen LogP contribution in [0.1, 0.15) is 56.3 Å². The van der Waals surface area contributed by atoms with Crippen molar-refractivity contribution in [2.45, 2.75) is 46.0 Å². The van der Waals surface area contributed by atoms with Crippen molar-refractivity contribution < 1.29 is 24.2 Å². The maximum Gasteiger partial charge on any atom is 0.341 e. The Balaban J connectivity index is 2.05. The van der Waals surface area contributed by atoms with E-state index in [1.807, 2.05) is 6.92 Å². The molecule has 1 aromatic carbocycles. The Morgan fingerprint density at radius 3 is 2.48 bits per heavy atom. The molecule has 138 valence electrons. The average Bonchev–Trinajstić information content (AvgIpc) is 3.08. The minimum atomic E-state index is -1.06. The highest BCUT2D eigenvalue weighted by atomic mass is 16.5. The standard InChI is InChI=1S/C19H27NO5/c1-3-19(9-5-6-10-19)13-20-18(23)14-7-8-15(25-12-17(21)22)16(11-14)24-4-2/h7-8,11H,3-6,9-10,12-13H2,1-2H3,(H,20,23)(H,21,22). The molecule has 1 saturated carbocycles. The molecule has 1 fully saturated rings. The maximum absolute atomic E-state index is 12.5. The number of ether oxygens (including phenoxy) is 2. The topological polar surface area (TPSA) is 84.9 Å². The van der Waals surface area contributed by atoms with Crippen molar-refractivity contribution in [3.8, 4) is 11.5 Å². The van der Waals surface area contributed by atoms with Crippen LogP contribution in [-0.4, -0.2) is 36.7 Å². The number of carbonyl (C=O) groups is 2. The Kier molecular flexibility index (Phi) is 6.67. The largest absolute Gasteiger partial charge is 0.490 e. The first-order chi connectivity index (χ1) is 12.0. The lowest BCUT2D eigenvalue weighted by Gasteiger charge is -2.27. The van der Waals surface area contributed by atoms with Gasteiger partial charge in [0.05, 0.1) is 6.61 Å². The number of hydrogen-bond acceptors (Lipinski definition) is 4. The number of benzene rings is 1. The fourth-order valence-corrected chi connectivity index (χ4v) is 3.33. The summed E-state index contributed by atoms with van der Waals surface area (Å²) in [5, 5.41) is 11.8. The molecule has 0 aromatic heterocycles. The SMILES string of the molecule is CCOc1cc(C(=O)NCC2(CC)CCCC2)ccc1OCC(=O)O. The van der Waals surface area contributed by atoms with Gasteiger partial charge in [0.2, 0.25) is 0 Å². The third kappa shape index (κ3) is 5.11. The number of carboxylic acid groups (broad SMARTS) is 1. The second kappa shape index (κ2) is 8.74. The first-order valence-electron chi connectivity index (χ1n) is 8.89. The maximum atomic E-state index is 12.5. The van der Waals surface area contributed by atoms with Crippen LogP contribution in [0.5, 0.6) is 11.5 Å². The predicted octanol–water partition coefficient (Wildman–Crippen LogP) is 3.25. The smallest absolute Gasteiger partial charge is 0.341 e. The fourth-order valence-electron chi connectivity index (χ4n) is 3.33. The number of aliphatic carboxylic acids is 1. The molecular weight excluding hydrogens is 322 g/mol. The van der Waals surface area contributed by atoms with Crippen LogP contribution in [0.4, 0.5) is 0 Å². The lowest BCUT2D eigenvalue weighted by molar-refractivity contribution is -0.139. The molecule has 0 radical (unpaired) electrons. The Hall–Kier alpha value is -2.24. The molecule has 2 N–H and O–H groups in total. The zero-order valence-electron chi connectivity index (χ0n) is 15.0. The van der Waals surface area contributed by atoms with Gasteiger partial charge >= 0.3 is 5.97 Å². The summed E-state index contributed by atoms with van der Waals surface area (Å²) >= 11 is 0. The van der Waals surface area contributed by atoms with Gasteiger partial charge in [-0.3, -0.25) is 4.79 Å². The van der Waals surface area contributed by atoms with Crippen molar-refractivity contribution in [3.63, 3.8) is 0 Å². The molecule has 1 aliphatic rings. The highest BCUT2D eigenvalue weighted by Gasteiger charge is 2.32. The number of rotatable bonds is 9. The summed E-state index contributed by atoms with van der Waals surface area (Å²) in [4.78, 5) is 23.1. The first-order valence-corrected chi connectivity index (χ1v) is 8.89. The molecule has 0 heterocycles. The summed E-state index contributed by atoms with van der Waals surface area (Å²) in [6, 6.07) is 4.81. The van der Waals surface area contributed by atoms with Gasteiger partial charge in [-0.05, 0) is 49.8 Å². The minimum absolute atomic E-state index is 0.148. The number of nitrogens with one attached hydrogen (secondary N) is 1. The van der Waals surface area contributed by atoms with Gasteiger partial charge in [-0.15, -0.1) is 0 Å². The molecule has 2 rings (SSSR count).